The second-order valence-corrected chi connectivity index (χ2v) is 7.31. The molecule has 0 atom stereocenters. The van der Waals surface area contributed by atoms with Crippen molar-refractivity contribution in [3.05, 3.63) is 40.6 Å². The van der Waals surface area contributed by atoms with E-state index in [9.17, 15) is 23.6 Å². The van der Waals surface area contributed by atoms with Crippen molar-refractivity contribution < 1.29 is 28.7 Å². The van der Waals surface area contributed by atoms with Crippen LogP contribution < -0.4 is 0 Å². The van der Waals surface area contributed by atoms with Gasteiger partial charge in [-0.1, -0.05) is 12.1 Å². The zero-order valence-corrected chi connectivity index (χ0v) is 15.1. The van der Waals surface area contributed by atoms with Crippen LogP contribution in [0.5, 0.6) is 0 Å². The number of amides is 3. The van der Waals surface area contributed by atoms with Gasteiger partial charge in [-0.25, -0.2) is 4.39 Å². The normalized spacial score (nSPS) is 19.8. The van der Waals surface area contributed by atoms with Crippen molar-refractivity contribution in [3.8, 4) is 0 Å². The lowest BCUT2D eigenvalue weighted by atomic mass is 9.97. The quantitative estimate of drug-likeness (QED) is 0.790. The Morgan fingerprint density at radius 2 is 1.81 bits per heavy atom. The zero-order chi connectivity index (χ0) is 19.6. The number of carboxylic acid groups (broad SMARTS) is 1. The molecule has 1 aromatic rings. The lowest BCUT2D eigenvalue weighted by Crippen LogP contribution is -2.46. The maximum absolute atomic E-state index is 13.0. The number of carboxylic acids is 1. The van der Waals surface area contributed by atoms with E-state index in [2.05, 4.69) is 0 Å². The summed E-state index contributed by atoms with van der Waals surface area (Å²) in [5, 5.41) is 8.46. The molecule has 142 valence electrons. The van der Waals surface area contributed by atoms with Crippen molar-refractivity contribution in [2.45, 2.75) is 12.8 Å². The highest BCUT2D eigenvalue weighted by Crippen LogP contribution is 2.32. The van der Waals surface area contributed by atoms with Crippen LogP contribution in [0.4, 0.5) is 9.18 Å². The third-order valence-electron chi connectivity index (χ3n) is 4.53. The monoisotopic (exact) mass is 392 g/mol. The summed E-state index contributed by atoms with van der Waals surface area (Å²) < 4.78 is 13.0. The molecule has 2 aliphatic rings. The lowest BCUT2D eigenvalue weighted by Gasteiger charge is -2.30. The number of nitrogens with zero attached hydrogens (tertiary/aromatic N) is 2. The number of carbonyl (C=O) groups excluding carboxylic acids is 3. The van der Waals surface area contributed by atoms with Gasteiger partial charge < -0.3 is 10.0 Å². The molecule has 2 fully saturated rings. The highest BCUT2D eigenvalue weighted by atomic mass is 32.2. The Morgan fingerprint density at radius 1 is 1.19 bits per heavy atom. The summed E-state index contributed by atoms with van der Waals surface area (Å²) in [7, 11) is 0. The Morgan fingerprint density at radius 3 is 2.41 bits per heavy atom. The van der Waals surface area contributed by atoms with Gasteiger partial charge in [0.2, 0.25) is 5.91 Å². The van der Waals surface area contributed by atoms with E-state index in [0.717, 1.165) is 16.7 Å². The van der Waals surface area contributed by atoms with Crippen molar-refractivity contribution in [2.24, 2.45) is 5.92 Å². The number of halogens is 1. The topological polar surface area (TPSA) is 95.0 Å². The van der Waals surface area contributed by atoms with Crippen LogP contribution in [0, 0.1) is 11.7 Å². The highest BCUT2D eigenvalue weighted by molar-refractivity contribution is 8.18. The van der Waals surface area contributed by atoms with E-state index in [1.807, 2.05) is 0 Å². The van der Waals surface area contributed by atoms with E-state index >= 15 is 0 Å². The number of likely N-dealkylation sites (tertiary alicyclic amines) is 1. The van der Waals surface area contributed by atoms with Gasteiger partial charge in [-0.05, 0) is 48.4 Å². The molecule has 2 saturated heterocycles. The largest absolute Gasteiger partial charge is 0.481 e. The molecule has 3 rings (SSSR count). The third kappa shape index (κ3) is 4.36. The van der Waals surface area contributed by atoms with Crippen molar-refractivity contribution in [3.63, 3.8) is 0 Å². The molecule has 9 heteroatoms. The molecule has 0 radical (unpaired) electrons. The SMILES string of the molecule is O=C(O)C1CCN(C(=O)CN2C(=O)SC(=Cc3ccc(F)cc3)C2=O)CC1. The van der Waals surface area contributed by atoms with Crippen molar-refractivity contribution in [1.82, 2.24) is 9.80 Å². The molecule has 0 spiro atoms. The summed E-state index contributed by atoms with van der Waals surface area (Å²) in [4.78, 5) is 50.4. The number of thioether (sulfide) groups is 1. The number of rotatable bonds is 4. The highest BCUT2D eigenvalue weighted by Gasteiger charge is 2.37. The van der Waals surface area contributed by atoms with Gasteiger partial charge in [-0.2, -0.15) is 0 Å². The summed E-state index contributed by atoms with van der Waals surface area (Å²) >= 11 is 0.730. The average molecular weight is 392 g/mol. The number of imide groups is 1. The number of piperidine rings is 1. The van der Waals surface area contributed by atoms with E-state index in [4.69, 9.17) is 5.11 Å². The fourth-order valence-corrected chi connectivity index (χ4v) is 3.80. The van der Waals surface area contributed by atoms with Crippen molar-refractivity contribution in [1.29, 1.82) is 0 Å². The fourth-order valence-electron chi connectivity index (χ4n) is 2.96. The van der Waals surface area contributed by atoms with Crippen LogP contribution in [0.1, 0.15) is 18.4 Å². The predicted octanol–water partition coefficient (Wildman–Crippen LogP) is 2.19. The van der Waals surface area contributed by atoms with Gasteiger partial charge in [0.15, 0.2) is 0 Å². The second kappa shape index (κ2) is 7.91. The number of hydrogen-bond acceptors (Lipinski definition) is 5. The molecule has 0 bridgehead atoms. The number of carbonyl (C=O) groups is 4. The fraction of sp³-hybridized carbons (Fsp3) is 0.333. The number of hydrogen-bond donors (Lipinski definition) is 1. The minimum atomic E-state index is -0.876. The van der Waals surface area contributed by atoms with E-state index in [1.165, 1.54) is 35.2 Å². The summed E-state index contributed by atoms with van der Waals surface area (Å²) in [6, 6.07) is 5.48. The minimum absolute atomic E-state index is 0.170. The van der Waals surface area contributed by atoms with Gasteiger partial charge in [-0.3, -0.25) is 24.1 Å². The van der Waals surface area contributed by atoms with E-state index in [0.29, 0.717) is 18.4 Å². The molecule has 0 aliphatic carbocycles. The molecule has 7 nitrogen and oxygen atoms in total. The first-order valence-electron chi connectivity index (χ1n) is 8.36. The van der Waals surface area contributed by atoms with Gasteiger partial charge >= 0.3 is 5.97 Å². The number of aliphatic carboxylic acids is 1. The van der Waals surface area contributed by atoms with Gasteiger partial charge in [0.1, 0.15) is 12.4 Å². The standard InChI is InChI=1S/C18H17FN2O5S/c19-13-3-1-11(2-4-13)9-14-16(23)21(18(26)27-14)10-15(22)20-7-5-12(6-8-20)17(24)25/h1-4,9,12H,5-8,10H2,(H,24,25). The first kappa shape index (κ1) is 19.1. The van der Waals surface area contributed by atoms with Crippen molar-refractivity contribution in [2.75, 3.05) is 19.6 Å². The summed E-state index contributed by atoms with van der Waals surface area (Å²) in [5.74, 6) is -2.70. The molecule has 0 unspecified atom stereocenters. The van der Waals surface area contributed by atoms with Gasteiger partial charge in [0.05, 0.1) is 10.8 Å². The third-order valence-corrected chi connectivity index (χ3v) is 5.44. The van der Waals surface area contributed by atoms with E-state index in [1.54, 1.807) is 0 Å². The van der Waals surface area contributed by atoms with Crippen LogP contribution in [0.2, 0.25) is 0 Å². The van der Waals surface area contributed by atoms with E-state index in [-0.39, 0.29) is 30.4 Å². The maximum Gasteiger partial charge on any atom is 0.306 e. The zero-order valence-electron chi connectivity index (χ0n) is 14.3. The first-order chi connectivity index (χ1) is 12.8. The molecule has 1 aromatic carbocycles. The molecule has 2 aliphatic heterocycles. The van der Waals surface area contributed by atoms with Crippen LogP contribution >= 0.6 is 11.8 Å². The molecule has 3 amide bonds. The minimum Gasteiger partial charge on any atom is -0.481 e. The lowest BCUT2D eigenvalue weighted by molar-refractivity contribution is -0.146. The van der Waals surface area contributed by atoms with Crippen LogP contribution in [-0.2, 0) is 14.4 Å². The van der Waals surface area contributed by atoms with Crippen LogP contribution in [0.15, 0.2) is 29.2 Å². The van der Waals surface area contributed by atoms with E-state index < -0.39 is 28.9 Å². The van der Waals surface area contributed by atoms with Crippen LogP contribution in [0.3, 0.4) is 0 Å². The molecular weight excluding hydrogens is 375 g/mol. The van der Waals surface area contributed by atoms with Crippen molar-refractivity contribution >= 4 is 40.9 Å². The molecule has 27 heavy (non-hydrogen) atoms. The molecule has 1 N–H and O–H groups in total. The molecular formula is C18H17FN2O5S. The molecule has 0 aromatic heterocycles. The predicted molar refractivity (Wildman–Crippen MR) is 96.0 cm³/mol. The molecule has 0 saturated carbocycles. The Bertz CT molecular complexity index is 816. The second-order valence-electron chi connectivity index (χ2n) is 6.31. The Balaban J connectivity index is 1.63. The summed E-state index contributed by atoms with van der Waals surface area (Å²) in [6.07, 6.45) is 2.19. The van der Waals surface area contributed by atoms with Crippen LogP contribution in [0.25, 0.3) is 6.08 Å². The average Bonchev–Trinajstić information content (AvgIpc) is 2.91. The Labute approximate surface area is 158 Å². The summed E-state index contributed by atoms with van der Waals surface area (Å²) in [6.45, 7) is 0.206. The maximum atomic E-state index is 13.0. The van der Waals surface area contributed by atoms with Gasteiger partial charge in [-0.15, -0.1) is 0 Å². The Kier molecular flexibility index (Phi) is 5.59. The van der Waals surface area contributed by atoms with Gasteiger partial charge in [0.25, 0.3) is 11.1 Å². The van der Waals surface area contributed by atoms with Gasteiger partial charge in [0, 0.05) is 13.1 Å². The smallest absolute Gasteiger partial charge is 0.306 e. The number of benzene rings is 1. The molecule has 2 heterocycles. The Hall–Kier alpha value is -2.68. The summed E-state index contributed by atoms with van der Waals surface area (Å²) in [5.41, 5.74) is 0.573. The van der Waals surface area contributed by atoms with Crippen LogP contribution in [-0.4, -0.2) is 57.6 Å². The first-order valence-corrected chi connectivity index (χ1v) is 9.18.